The Morgan fingerprint density at radius 1 is 1.11 bits per heavy atom. The van der Waals surface area contributed by atoms with Crippen LogP contribution in [0.3, 0.4) is 0 Å². The summed E-state index contributed by atoms with van der Waals surface area (Å²) in [4.78, 5) is 27.8. The largest absolute Gasteiger partial charge is 0.437 e. The fourth-order valence-corrected chi connectivity index (χ4v) is 3.27. The molecule has 4 rings (SSSR count). The molecule has 0 atom stereocenters. The molecule has 0 spiro atoms. The fraction of sp³-hybridized carbons (Fsp3) is 0.0526. The van der Waals surface area contributed by atoms with Crippen molar-refractivity contribution < 1.29 is 9.34 Å². The van der Waals surface area contributed by atoms with Crippen LogP contribution in [0.2, 0.25) is 0 Å². The molecule has 134 valence electrons. The zero-order chi connectivity index (χ0) is 19.0. The predicted molar refractivity (Wildman–Crippen MR) is 106 cm³/mol. The van der Waals surface area contributed by atoms with Gasteiger partial charge in [-0.1, -0.05) is 40.2 Å². The van der Waals surface area contributed by atoms with Crippen molar-refractivity contribution >= 4 is 49.5 Å². The molecule has 2 aromatic carbocycles. The highest BCUT2D eigenvalue weighted by atomic mass is 79.9. The summed E-state index contributed by atoms with van der Waals surface area (Å²) in [7, 11) is 0. The highest BCUT2D eigenvalue weighted by Crippen LogP contribution is 2.28. The third-order valence-electron chi connectivity index (χ3n) is 4.10. The Hall–Kier alpha value is -3.26. The maximum Gasteiger partial charge on any atom is 0.312 e. The lowest BCUT2D eigenvalue weighted by atomic mass is 10.1. The van der Waals surface area contributed by atoms with Gasteiger partial charge in [0.05, 0.1) is 15.7 Å². The topological polar surface area (TPSA) is 98.3 Å². The smallest absolute Gasteiger partial charge is 0.312 e. The lowest BCUT2D eigenvalue weighted by Crippen LogP contribution is -2.08. The second-order valence-corrected chi connectivity index (χ2v) is 6.79. The molecule has 4 aromatic rings. The predicted octanol–water partition coefficient (Wildman–Crippen LogP) is 4.62. The van der Waals surface area contributed by atoms with E-state index in [1.165, 1.54) is 6.07 Å². The second kappa shape index (κ2) is 6.81. The number of hydrogen-bond acceptors (Lipinski definition) is 6. The SMILES string of the molecule is O=c1c2ccccc2oc2nc(NCc3cccc(Br)c3)c([N+](=O)[O-])cc12. The van der Waals surface area contributed by atoms with Crippen molar-refractivity contribution in [2.24, 2.45) is 0 Å². The highest BCUT2D eigenvalue weighted by molar-refractivity contribution is 9.10. The lowest BCUT2D eigenvalue weighted by Gasteiger charge is -2.08. The van der Waals surface area contributed by atoms with Gasteiger partial charge in [0.1, 0.15) is 5.58 Å². The number of anilines is 1. The van der Waals surface area contributed by atoms with E-state index in [1.54, 1.807) is 24.3 Å². The number of fused-ring (bicyclic) bond motifs is 2. The van der Waals surface area contributed by atoms with Gasteiger partial charge >= 0.3 is 5.69 Å². The molecule has 0 saturated heterocycles. The van der Waals surface area contributed by atoms with Gasteiger partial charge in [0.15, 0.2) is 0 Å². The van der Waals surface area contributed by atoms with E-state index in [4.69, 9.17) is 4.42 Å². The molecule has 8 heteroatoms. The summed E-state index contributed by atoms with van der Waals surface area (Å²) in [6.07, 6.45) is 0. The summed E-state index contributed by atoms with van der Waals surface area (Å²) in [6.45, 7) is 0.330. The number of benzene rings is 2. The minimum absolute atomic E-state index is 0.0471. The van der Waals surface area contributed by atoms with Gasteiger partial charge in [0.25, 0.3) is 0 Å². The van der Waals surface area contributed by atoms with Crippen LogP contribution in [-0.4, -0.2) is 9.91 Å². The minimum atomic E-state index is -0.565. The normalized spacial score (nSPS) is 11.0. The summed E-state index contributed by atoms with van der Waals surface area (Å²) in [5, 5.41) is 14.9. The summed E-state index contributed by atoms with van der Waals surface area (Å²) >= 11 is 3.39. The molecule has 0 amide bonds. The summed E-state index contributed by atoms with van der Waals surface area (Å²) in [5.41, 5.74) is 0.733. The van der Waals surface area contributed by atoms with Crippen LogP contribution >= 0.6 is 15.9 Å². The van der Waals surface area contributed by atoms with E-state index in [9.17, 15) is 14.9 Å². The number of pyridine rings is 1. The van der Waals surface area contributed by atoms with Gasteiger partial charge in [0.2, 0.25) is 17.0 Å². The third kappa shape index (κ3) is 3.26. The van der Waals surface area contributed by atoms with Crippen molar-refractivity contribution in [1.29, 1.82) is 0 Å². The number of nitro groups is 1. The van der Waals surface area contributed by atoms with Crippen LogP contribution in [0.4, 0.5) is 11.5 Å². The van der Waals surface area contributed by atoms with Gasteiger partial charge < -0.3 is 9.73 Å². The molecule has 0 aliphatic heterocycles. The van der Waals surface area contributed by atoms with Crippen LogP contribution in [0.1, 0.15) is 5.56 Å². The number of nitrogens with one attached hydrogen (secondary N) is 1. The van der Waals surface area contributed by atoms with E-state index in [2.05, 4.69) is 26.2 Å². The van der Waals surface area contributed by atoms with Gasteiger partial charge in [-0.3, -0.25) is 14.9 Å². The molecular formula is C19H12BrN3O4. The highest BCUT2D eigenvalue weighted by Gasteiger charge is 2.20. The van der Waals surface area contributed by atoms with Gasteiger partial charge in [-0.05, 0) is 29.8 Å². The van der Waals surface area contributed by atoms with E-state index in [1.807, 2.05) is 24.3 Å². The van der Waals surface area contributed by atoms with Crippen molar-refractivity contribution in [1.82, 2.24) is 4.98 Å². The third-order valence-corrected chi connectivity index (χ3v) is 4.59. The van der Waals surface area contributed by atoms with Gasteiger partial charge in [-0.2, -0.15) is 4.98 Å². The molecule has 0 radical (unpaired) electrons. The Kier molecular flexibility index (Phi) is 4.33. The number of nitrogens with zero attached hydrogens (tertiary/aromatic N) is 2. The van der Waals surface area contributed by atoms with E-state index < -0.39 is 4.92 Å². The fourth-order valence-electron chi connectivity index (χ4n) is 2.82. The zero-order valence-corrected chi connectivity index (χ0v) is 15.4. The number of para-hydroxylation sites is 1. The van der Waals surface area contributed by atoms with E-state index in [0.717, 1.165) is 10.0 Å². The molecule has 2 aromatic heterocycles. The van der Waals surface area contributed by atoms with Crippen molar-refractivity contribution in [3.63, 3.8) is 0 Å². The zero-order valence-electron chi connectivity index (χ0n) is 13.8. The molecule has 0 aliphatic rings. The number of rotatable bonds is 4. The average molecular weight is 426 g/mol. The first kappa shape index (κ1) is 17.2. The molecule has 0 bridgehead atoms. The van der Waals surface area contributed by atoms with Crippen LogP contribution in [0, 0.1) is 10.1 Å². The average Bonchev–Trinajstić information content (AvgIpc) is 2.66. The summed E-state index contributed by atoms with van der Waals surface area (Å²) in [6, 6.07) is 15.5. The van der Waals surface area contributed by atoms with Crippen LogP contribution < -0.4 is 10.7 Å². The monoisotopic (exact) mass is 425 g/mol. The van der Waals surface area contributed by atoms with Crippen molar-refractivity contribution in [2.45, 2.75) is 6.54 Å². The van der Waals surface area contributed by atoms with Crippen molar-refractivity contribution in [3.05, 3.63) is 85.0 Å². The molecule has 2 heterocycles. The molecule has 0 saturated carbocycles. The molecule has 1 N–H and O–H groups in total. The maximum absolute atomic E-state index is 12.6. The standard InChI is InChI=1S/C19H12BrN3O4/c20-12-5-3-4-11(8-12)10-21-18-15(23(25)26)9-14-17(24)13-6-1-2-7-16(13)27-19(14)22-18/h1-9H,10H2,(H,21,22). The Bertz CT molecular complexity index is 1250. The summed E-state index contributed by atoms with van der Waals surface area (Å²) < 4.78 is 6.60. The Morgan fingerprint density at radius 3 is 2.70 bits per heavy atom. The van der Waals surface area contributed by atoms with E-state index >= 15 is 0 Å². The quantitative estimate of drug-likeness (QED) is 0.290. The Labute approximate surface area is 160 Å². The Balaban J connectivity index is 1.83. The van der Waals surface area contributed by atoms with Crippen LogP contribution in [0.5, 0.6) is 0 Å². The first-order valence-electron chi connectivity index (χ1n) is 8.02. The lowest BCUT2D eigenvalue weighted by molar-refractivity contribution is -0.384. The number of aromatic nitrogens is 1. The molecule has 7 nitrogen and oxygen atoms in total. The number of halogens is 1. The number of hydrogen-bond donors (Lipinski definition) is 1. The first-order valence-corrected chi connectivity index (χ1v) is 8.81. The molecule has 0 fully saturated rings. The van der Waals surface area contributed by atoms with E-state index in [-0.39, 0.29) is 28.0 Å². The van der Waals surface area contributed by atoms with E-state index in [0.29, 0.717) is 17.5 Å². The van der Waals surface area contributed by atoms with Gasteiger partial charge in [0, 0.05) is 17.1 Å². The van der Waals surface area contributed by atoms with Crippen LogP contribution in [0.15, 0.2) is 68.3 Å². The van der Waals surface area contributed by atoms with Crippen molar-refractivity contribution in [3.8, 4) is 0 Å². The molecule has 0 aliphatic carbocycles. The summed E-state index contributed by atoms with van der Waals surface area (Å²) in [5.74, 6) is 0.0471. The van der Waals surface area contributed by atoms with Gasteiger partial charge in [-0.25, -0.2) is 0 Å². The van der Waals surface area contributed by atoms with Crippen LogP contribution in [0.25, 0.3) is 22.1 Å². The molecular weight excluding hydrogens is 414 g/mol. The molecule has 0 unspecified atom stereocenters. The second-order valence-electron chi connectivity index (χ2n) is 5.88. The van der Waals surface area contributed by atoms with Crippen molar-refractivity contribution in [2.75, 3.05) is 5.32 Å². The Morgan fingerprint density at radius 2 is 1.93 bits per heavy atom. The molecule has 27 heavy (non-hydrogen) atoms. The van der Waals surface area contributed by atoms with Gasteiger partial charge in [-0.15, -0.1) is 0 Å². The minimum Gasteiger partial charge on any atom is -0.437 e. The maximum atomic E-state index is 12.6. The van der Waals surface area contributed by atoms with Crippen LogP contribution in [-0.2, 0) is 6.54 Å². The first-order chi connectivity index (χ1) is 13.0.